The maximum Gasteiger partial charge on any atom is 0.293 e. The molecule has 2 N–H and O–H groups in total. The predicted octanol–water partition coefficient (Wildman–Crippen LogP) is 3.98. The van der Waals surface area contributed by atoms with Crippen molar-refractivity contribution >= 4 is 56.8 Å². The number of likely N-dealkylation sites (N-methyl/N-ethyl adjacent to an activating group) is 1. The fourth-order valence-corrected chi connectivity index (χ4v) is 4.08. The lowest BCUT2D eigenvalue weighted by Crippen LogP contribution is -2.22. The number of phenolic OH excluding ortho intramolecular Hbond substituents is 1. The Kier molecular flexibility index (Phi) is 7.07. The van der Waals surface area contributed by atoms with Crippen molar-refractivity contribution in [2.75, 3.05) is 12.4 Å². The fraction of sp³-hybridized carbons (Fsp3) is 0.0909. The Morgan fingerprint density at radius 2 is 1.97 bits per heavy atom. The Labute approximate surface area is 210 Å². The SMILES string of the molecule is CN1C(=O)S/C(=C\c2cc(OCc3cnc(NC(=O)c4ccncc4)nc3)c(O)c(F)c2Br)C1=O. The predicted molar refractivity (Wildman–Crippen MR) is 128 cm³/mol. The van der Waals surface area contributed by atoms with Crippen LogP contribution in [0, 0.1) is 5.82 Å². The number of aromatic hydroxyl groups is 1. The van der Waals surface area contributed by atoms with Gasteiger partial charge in [-0.1, -0.05) is 0 Å². The van der Waals surface area contributed by atoms with Crippen LogP contribution in [0.5, 0.6) is 11.5 Å². The third kappa shape index (κ3) is 5.30. The average molecular weight is 560 g/mol. The van der Waals surface area contributed by atoms with Gasteiger partial charge >= 0.3 is 0 Å². The number of carbonyl (C=O) groups excluding carboxylic acids is 3. The van der Waals surface area contributed by atoms with E-state index >= 15 is 0 Å². The number of ether oxygens (including phenoxy) is 1. The third-order valence-electron chi connectivity index (χ3n) is 4.71. The summed E-state index contributed by atoms with van der Waals surface area (Å²) in [5.74, 6) is -2.77. The van der Waals surface area contributed by atoms with Crippen molar-refractivity contribution in [3.05, 3.63) is 74.9 Å². The minimum absolute atomic E-state index is 0.0697. The highest BCUT2D eigenvalue weighted by molar-refractivity contribution is 9.10. The first-order valence-corrected chi connectivity index (χ1v) is 11.4. The topological polar surface area (TPSA) is 135 Å². The number of rotatable bonds is 6. The summed E-state index contributed by atoms with van der Waals surface area (Å²) in [7, 11) is 1.34. The molecule has 0 aliphatic carbocycles. The number of aromatic nitrogens is 3. The Bertz CT molecular complexity index is 1350. The second-order valence-electron chi connectivity index (χ2n) is 7.07. The number of carbonyl (C=O) groups is 3. The molecule has 0 unspecified atom stereocenters. The lowest BCUT2D eigenvalue weighted by molar-refractivity contribution is -0.121. The molecule has 13 heteroatoms. The number of hydrogen-bond acceptors (Lipinski definition) is 9. The van der Waals surface area contributed by atoms with Gasteiger partial charge in [0.25, 0.3) is 17.1 Å². The number of imide groups is 1. The van der Waals surface area contributed by atoms with Gasteiger partial charge in [-0.2, -0.15) is 0 Å². The van der Waals surface area contributed by atoms with E-state index in [-0.39, 0.29) is 33.2 Å². The first kappa shape index (κ1) is 24.3. The van der Waals surface area contributed by atoms with E-state index < -0.39 is 28.6 Å². The average Bonchev–Trinajstić information content (AvgIpc) is 3.11. The smallest absolute Gasteiger partial charge is 0.293 e. The molecule has 0 bridgehead atoms. The van der Waals surface area contributed by atoms with Gasteiger partial charge in [-0.05, 0) is 57.5 Å². The van der Waals surface area contributed by atoms with E-state index in [1.165, 1.54) is 44.0 Å². The van der Waals surface area contributed by atoms with E-state index in [2.05, 4.69) is 36.2 Å². The molecule has 35 heavy (non-hydrogen) atoms. The van der Waals surface area contributed by atoms with Crippen LogP contribution in [0.3, 0.4) is 0 Å². The minimum atomic E-state index is -0.991. The van der Waals surface area contributed by atoms with Crippen LogP contribution in [0.25, 0.3) is 6.08 Å². The van der Waals surface area contributed by atoms with Gasteiger partial charge in [-0.25, -0.2) is 14.4 Å². The van der Waals surface area contributed by atoms with Crippen LogP contribution in [0.4, 0.5) is 15.1 Å². The first-order valence-electron chi connectivity index (χ1n) is 9.82. The van der Waals surface area contributed by atoms with Gasteiger partial charge in [0.05, 0.1) is 9.38 Å². The Balaban J connectivity index is 1.47. The molecule has 10 nitrogen and oxygen atoms in total. The maximum atomic E-state index is 14.6. The Morgan fingerprint density at radius 3 is 2.60 bits per heavy atom. The van der Waals surface area contributed by atoms with E-state index in [0.717, 1.165) is 16.7 Å². The largest absolute Gasteiger partial charge is 0.502 e. The van der Waals surface area contributed by atoms with Crippen molar-refractivity contribution in [2.45, 2.75) is 6.61 Å². The minimum Gasteiger partial charge on any atom is -0.502 e. The summed E-state index contributed by atoms with van der Waals surface area (Å²) in [6.07, 6.45) is 7.11. The molecule has 4 rings (SSSR count). The lowest BCUT2D eigenvalue weighted by atomic mass is 10.1. The third-order valence-corrected chi connectivity index (χ3v) is 6.48. The summed E-state index contributed by atoms with van der Waals surface area (Å²) in [5.41, 5.74) is 1.06. The van der Waals surface area contributed by atoms with Crippen LogP contribution in [0.1, 0.15) is 21.5 Å². The number of benzene rings is 1. The number of anilines is 1. The molecule has 2 aromatic heterocycles. The van der Waals surface area contributed by atoms with Gasteiger partial charge in [-0.3, -0.25) is 29.6 Å². The van der Waals surface area contributed by atoms with E-state index in [1.807, 2.05) is 0 Å². The van der Waals surface area contributed by atoms with Gasteiger partial charge < -0.3 is 9.84 Å². The highest BCUT2D eigenvalue weighted by Crippen LogP contribution is 2.40. The standard InChI is InChI=1S/C22H15BrFN5O5S/c1-29-20(32)15(35-22(29)33)7-13-6-14(18(30)17(24)16(13)23)34-10-11-8-26-21(27-9-11)28-19(31)12-2-4-25-5-3-12/h2-9,30H,10H2,1H3,(H,26,27,28,31)/b15-7-. The highest BCUT2D eigenvalue weighted by atomic mass is 79.9. The number of nitrogens with zero attached hydrogens (tertiary/aromatic N) is 4. The van der Waals surface area contributed by atoms with Crippen LogP contribution in [-0.4, -0.2) is 49.1 Å². The molecule has 1 saturated heterocycles. The molecule has 3 aromatic rings. The lowest BCUT2D eigenvalue weighted by Gasteiger charge is -2.12. The van der Waals surface area contributed by atoms with Gasteiger partial charge in [0.15, 0.2) is 17.3 Å². The number of hydrogen-bond donors (Lipinski definition) is 2. The van der Waals surface area contributed by atoms with Crippen LogP contribution < -0.4 is 10.1 Å². The van der Waals surface area contributed by atoms with Crippen molar-refractivity contribution in [3.8, 4) is 11.5 Å². The molecule has 3 heterocycles. The Hall–Kier alpha value is -3.84. The van der Waals surface area contributed by atoms with Gasteiger partial charge in [-0.15, -0.1) is 0 Å². The van der Waals surface area contributed by atoms with Gasteiger partial charge in [0.2, 0.25) is 5.95 Å². The van der Waals surface area contributed by atoms with Crippen LogP contribution in [0.2, 0.25) is 0 Å². The number of phenols is 1. The van der Waals surface area contributed by atoms with Crippen molar-refractivity contribution in [1.82, 2.24) is 19.9 Å². The molecule has 3 amide bonds. The molecule has 0 saturated carbocycles. The summed E-state index contributed by atoms with van der Waals surface area (Å²) in [6, 6.07) is 4.42. The summed E-state index contributed by atoms with van der Waals surface area (Å²) < 4.78 is 20.0. The fourth-order valence-electron chi connectivity index (χ4n) is 2.85. The summed E-state index contributed by atoms with van der Waals surface area (Å²) in [6.45, 7) is -0.127. The number of halogens is 2. The molecule has 178 valence electrons. The summed E-state index contributed by atoms with van der Waals surface area (Å²) >= 11 is 3.77. The summed E-state index contributed by atoms with van der Waals surface area (Å²) in [4.78, 5) is 49.0. The molecule has 0 spiro atoms. The first-order chi connectivity index (χ1) is 16.7. The molecular formula is C22H15BrFN5O5S. The molecule has 1 aliphatic heterocycles. The van der Waals surface area contributed by atoms with E-state index in [1.54, 1.807) is 12.1 Å². The molecule has 0 radical (unpaired) electrons. The molecule has 0 atom stereocenters. The Morgan fingerprint density at radius 1 is 1.29 bits per heavy atom. The monoisotopic (exact) mass is 559 g/mol. The zero-order valence-electron chi connectivity index (χ0n) is 17.9. The molecule has 1 aliphatic rings. The summed E-state index contributed by atoms with van der Waals surface area (Å²) in [5, 5.41) is 12.3. The molecular weight excluding hydrogens is 545 g/mol. The number of pyridine rings is 1. The van der Waals surface area contributed by atoms with Crippen molar-refractivity contribution < 1.29 is 28.6 Å². The van der Waals surface area contributed by atoms with E-state index in [0.29, 0.717) is 11.1 Å². The van der Waals surface area contributed by atoms with Crippen LogP contribution >= 0.6 is 27.7 Å². The van der Waals surface area contributed by atoms with Crippen molar-refractivity contribution in [1.29, 1.82) is 0 Å². The molecule has 1 aromatic carbocycles. The van der Waals surface area contributed by atoms with Crippen LogP contribution in [0.15, 0.2) is 52.4 Å². The second kappa shape index (κ2) is 10.2. The molecule has 1 fully saturated rings. The van der Waals surface area contributed by atoms with Crippen molar-refractivity contribution in [3.63, 3.8) is 0 Å². The highest BCUT2D eigenvalue weighted by Gasteiger charge is 2.32. The number of amides is 3. The zero-order valence-corrected chi connectivity index (χ0v) is 20.3. The maximum absolute atomic E-state index is 14.6. The second-order valence-corrected chi connectivity index (χ2v) is 8.86. The van der Waals surface area contributed by atoms with Crippen molar-refractivity contribution in [2.24, 2.45) is 0 Å². The van der Waals surface area contributed by atoms with E-state index in [4.69, 9.17) is 4.74 Å². The normalized spacial score (nSPS) is 14.5. The van der Waals surface area contributed by atoms with Crippen LogP contribution in [-0.2, 0) is 11.4 Å². The van der Waals surface area contributed by atoms with Gasteiger partial charge in [0, 0.05) is 43.0 Å². The quantitative estimate of drug-likeness (QED) is 0.430. The number of nitrogens with one attached hydrogen (secondary N) is 1. The van der Waals surface area contributed by atoms with Gasteiger partial charge in [0.1, 0.15) is 6.61 Å². The zero-order chi connectivity index (χ0) is 25.1. The van der Waals surface area contributed by atoms with E-state index in [9.17, 15) is 23.9 Å². The number of thioether (sulfide) groups is 1.